The Kier molecular flexibility index (Phi) is 5.82. The number of nitrogens with zero attached hydrogens (tertiary/aromatic N) is 3. The van der Waals surface area contributed by atoms with Gasteiger partial charge in [-0.25, -0.2) is 9.97 Å². The lowest BCUT2D eigenvalue weighted by Gasteiger charge is -2.22. The summed E-state index contributed by atoms with van der Waals surface area (Å²) in [6.07, 6.45) is 3.12. The number of ether oxygens (including phenoxy) is 1. The number of hydrogen-bond acceptors (Lipinski definition) is 6. The molecule has 3 amide bonds. The Bertz CT molecular complexity index is 1210. The standard InChI is InChI=1S/C22H16Cl2N4O4/c1-11-8-13(32-22-25-6-3-7-26-22)4-5-18(11)27-19(29)12(2)28-20(30)14-9-16(23)17(24)10-15(14)21(28)31/h3-10,12H,1-2H3,(H,27,29). The first-order valence-corrected chi connectivity index (χ1v) is 10.2. The second-order valence-corrected chi connectivity index (χ2v) is 7.88. The van der Waals surface area contributed by atoms with E-state index in [2.05, 4.69) is 15.3 Å². The van der Waals surface area contributed by atoms with E-state index in [1.165, 1.54) is 19.1 Å². The summed E-state index contributed by atoms with van der Waals surface area (Å²) < 4.78 is 5.58. The van der Waals surface area contributed by atoms with Crippen LogP contribution in [-0.2, 0) is 4.79 Å². The van der Waals surface area contributed by atoms with Crippen LogP contribution in [0.25, 0.3) is 0 Å². The predicted molar refractivity (Wildman–Crippen MR) is 118 cm³/mol. The summed E-state index contributed by atoms with van der Waals surface area (Å²) in [6, 6.07) is 8.50. The van der Waals surface area contributed by atoms with E-state index >= 15 is 0 Å². The van der Waals surface area contributed by atoms with E-state index in [9.17, 15) is 14.4 Å². The number of anilines is 1. The van der Waals surface area contributed by atoms with Gasteiger partial charge in [-0.05, 0) is 55.8 Å². The lowest BCUT2D eigenvalue weighted by atomic mass is 10.1. The molecular weight excluding hydrogens is 455 g/mol. The molecule has 32 heavy (non-hydrogen) atoms. The summed E-state index contributed by atoms with van der Waals surface area (Å²) in [5.41, 5.74) is 1.44. The summed E-state index contributed by atoms with van der Waals surface area (Å²) >= 11 is 11.9. The molecule has 3 aromatic rings. The maximum atomic E-state index is 12.8. The van der Waals surface area contributed by atoms with Gasteiger partial charge < -0.3 is 10.1 Å². The molecule has 1 N–H and O–H groups in total. The normalized spacial score (nSPS) is 13.7. The fourth-order valence-electron chi connectivity index (χ4n) is 3.24. The number of nitrogens with one attached hydrogen (secondary N) is 1. The Morgan fingerprint density at radius 3 is 2.19 bits per heavy atom. The molecule has 0 spiro atoms. The maximum absolute atomic E-state index is 12.8. The first-order valence-electron chi connectivity index (χ1n) is 9.49. The number of carbonyl (C=O) groups excluding carboxylic acids is 3. The predicted octanol–water partition coefficient (Wildman–Crippen LogP) is 4.51. The van der Waals surface area contributed by atoms with Crippen molar-refractivity contribution in [2.75, 3.05) is 5.32 Å². The van der Waals surface area contributed by atoms with Crippen molar-refractivity contribution in [1.82, 2.24) is 14.9 Å². The number of hydrogen-bond donors (Lipinski definition) is 1. The van der Waals surface area contributed by atoms with Crippen LogP contribution >= 0.6 is 23.2 Å². The second kappa shape index (κ2) is 8.57. The first-order chi connectivity index (χ1) is 15.3. The molecule has 0 bridgehead atoms. The van der Waals surface area contributed by atoms with Crippen LogP contribution in [0, 0.1) is 6.92 Å². The smallest absolute Gasteiger partial charge is 0.321 e. The van der Waals surface area contributed by atoms with Crippen LogP contribution in [0.3, 0.4) is 0 Å². The molecule has 1 aromatic heterocycles. The monoisotopic (exact) mass is 470 g/mol. The van der Waals surface area contributed by atoms with E-state index in [1.807, 2.05) is 0 Å². The molecule has 8 nitrogen and oxygen atoms in total. The van der Waals surface area contributed by atoms with E-state index in [1.54, 1.807) is 43.6 Å². The fraction of sp³-hybridized carbons (Fsp3) is 0.136. The number of halogens is 2. The van der Waals surface area contributed by atoms with Crippen molar-refractivity contribution in [2.45, 2.75) is 19.9 Å². The van der Waals surface area contributed by atoms with Crippen LogP contribution in [0.1, 0.15) is 33.2 Å². The van der Waals surface area contributed by atoms with Crippen LogP contribution in [0.5, 0.6) is 11.8 Å². The van der Waals surface area contributed by atoms with Gasteiger partial charge in [0.05, 0.1) is 21.2 Å². The van der Waals surface area contributed by atoms with Gasteiger partial charge in [0.1, 0.15) is 11.8 Å². The van der Waals surface area contributed by atoms with Crippen molar-refractivity contribution in [2.24, 2.45) is 0 Å². The van der Waals surface area contributed by atoms with Gasteiger partial charge in [-0.1, -0.05) is 23.2 Å². The van der Waals surface area contributed by atoms with Gasteiger partial charge in [-0.3, -0.25) is 19.3 Å². The minimum Gasteiger partial charge on any atom is -0.424 e. The Morgan fingerprint density at radius 1 is 1.03 bits per heavy atom. The maximum Gasteiger partial charge on any atom is 0.321 e. The second-order valence-electron chi connectivity index (χ2n) is 7.07. The topological polar surface area (TPSA) is 101 Å². The van der Waals surface area contributed by atoms with Crippen LogP contribution in [0.15, 0.2) is 48.8 Å². The Hall–Kier alpha value is -3.49. The van der Waals surface area contributed by atoms with Gasteiger partial charge in [0, 0.05) is 18.1 Å². The highest BCUT2D eigenvalue weighted by Crippen LogP contribution is 2.33. The highest BCUT2D eigenvalue weighted by Gasteiger charge is 2.41. The van der Waals surface area contributed by atoms with Crippen molar-refractivity contribution < 1.29 is 19.1 Å². The largest absolute Gasteiger partial charge is 0.424 e. The number of aromatic nitrogens is 2. The molecule has 0 aliphatic carbocycles. The highest BCUT2D eigenvalue weighted by molar-refractivity contribution is 6.43. The molecule has 0 fully saturated rings. The van der Waals surface area contributed by atoms with Gasteiger partial charge >= 0.3 is 6.01 Å². The van der Waals surface area contributed by atoms with Crippen molar-refractivity contribution in [3.05, 3.63) is 75.5 Å². The highest BCUT2D eigenvalue weighted by atomic mass is 35.5. The Balaban J connectivity index is 1.49. The number of fused-ring (bicyclic) bond motifs is 1. The summed E-state index contributed by atoms with van der Waals surface area (Å²) in [7, 11) is 0. The zero-order chi connectivity index (χ0) is 23.0. The molecule has 0 radical (unpaired) electrons. The molecule has 1 unspecified atom stereocenters. The van der Waals surface area contributed by atoms with Gasteiger partial charge in [0.2, 0.25) is 5.91 Å². The van der Waals surface area contributed by atoms with E-state index in [-0.39, 0.29) is 27.2 Å². The Morgan fingerprint density at radius 2 is 1.62 bits per heavy atom. The van der Waals surface area contributed by atoms with Gasteiger partial charge in [0.15, 0.2) is 0 Å². The lowest BCUT2D eigenvalue weighted by Crippen LogP contribution is -2.45. The first kappa shape index (κ1) is 21.7. The molecular formula is C22H16Cl2N4O4. The average Bonchev–Trinajstić information content (AvgIpc) is 3.00. The molecule has 0 saturated carbocycles. The molecule has 2 aromatic carbocycles. The minimum absolute atomic E-state index is 0.116. The van der Waals surface area contributed by atoms with Gasteiger partial charge in [-0.2, -0.15) is 0 Å². The zero-order valence-electron chi connectivity index (χ0n) is 16.9. The third-order valence-corrected chi connectivity index (χ3v) is 5.65. The van der Waals surface area contributed by atoms with Crippen LogP contribution < -0.4 is 10.1 Å². The lowest BCUT2D eigenvalue weighted by molar-refractivity contribution is -0.119. The molecule has 1 aliphatic rings. The molecule has 162 valence electrons. The Labute approximate surface area is 193 Å². The number of aryl methyl sites for hydroxylation is 1. The summed E-state index contributed by atoms with van der Waals surface area (Å²) in [5, 5.41) is 3.06. The van der Waals surface area contributed by atoms with Gasteiger partial charge in [0.25, 0.3) is 11.8 Å². The SMILES string of the molecule is Cc1cc(Oc2ncccn2)ccc1NC(=O)C(C)N1C(=O)c2cc(Cl)c(Cl)cc2C1=O. The third kappa shape index (κ3) is 4.02. The minimum atomic E-state index is -1.06. The quantitative estimate of drug-likeness (QED) is 0.550. The van der Waals surface area contributed by atoms with Crippen molar-refractivity contribution in [3.8, 4) is 11.8 Å². The number of benzene rings is 2. The molecule has 4 rings (SSSR count). The summed E-state index contributed by atoms with van der Waals surface area (Å²) in [5.74, 6) is -1.24. The van der Waals surface area contributed by atoms with E-state index < -0.39 is 23.8 Å². The van der Waals surface area contributed by atoms with Crippen LogP contribution in [-0.4, -0.2) is 38.6 Å². The molecule has 10 heteroatoms. The average molecular weight is 471 g/mol. The van der Waals surface area contributed by atoms with Crippen LogP contribution in [0.2, 0.25) is 10.0 Å². The molecule has 1 aliphatic heterocycles. The van der Waals surface area contributed by atoms with Crippen molar-refractivity contribution in [1.29, 1.82) is 0 Å². The molecule has 1 atom stereocenters. The fourth-order valence-corrected chi connectivity index (χ4v) is 3.57. The molecule has 0 saturated heterocycles. The number of rotatable bonds is 5. The van der Waals surface area contributed by atoms with Crippen molar-refractivity contribution in [3.63, 3.8) is 0 Å². The zero-order valence-corrected chi connectivity index (χ0v) is 18.4. The number of imide groups is 1. The van der Waals surface area contributed by atoms with Crippen molar-refractivity contribution >= 4 is 46.6 Å². The summed E-state index contributed by atoms with van der Waals surface area (Å²) in [4.78, 5) is 47.2. The summed E-state index contributed by atoms with van der Waals surface area (Å²) in [6.45, 7) is 3.25. The number of carbonyl (C=O) groups is 3. The van der Waals surface area contributed by atoms with Crippen LogP contribution in [0.4, 0.5) is 5.69 Å². The van der Waals surface area contributed by atoms with E-state index in [0.29, 0.717) is 17.0 Å². The molecule has 2 heterocycles. The van der Waals surface area contributed by atoms with E-state index in [0.717, 1.165) is 4.90 Å². The van der Waals surface area contributed by atoms with E-state index in [4.69, 9.17) is 27.9 Å². The third-order valence-electron chi connectivity index (χ3n) is 4.93. The number of amides is 3. The van der Waals surface area contributed by atoms with Gasteiger partial charge in [-0.15, -0.1) is 0 Å².